The van der Waals surface area contributed by atoms with Crippen LogP contribution in [0.25, 0.3) is 11.0 Å². The standard InChI is InChI=1S/C23H33N5O3S/c1-14-20-16(11-17(15-7-8-15)24-21(20)28(26-14)23(2,3)4)22(29)25-18-12-32(30,31)13-19(18)27-9-5-6-10-27/h11,15,18-19H,5-10,12-13H2,1-4H3,(H,25,29). The molecule has 1 saturated carbocycles. The van der Waals surface area contributed by atoms with Crippen LogP contribution in [0.15, 0.2) is 6.07 Å². The molecule has 32 heavy (non-hydrogen) atoms. The number of amides is 1. The lowest BCUT2D eigenvalue weighted by atomic mass is 10.0. The van der Waals surface area contributed by atoms with Gasteiger partial charge in [0, 0.05) is 17.7 Å². The molecule has 2 aliphatic heterocycles. The van der Waals surface area contributed by atoms with Crippen molar-refractivity contribution >= 4 is 26.8 Å². The summed E-state index contributed by atoms with van der Waals surface area (Å²) in [7, 11) is -3.17. The van der Waals surface area contributed by atoms with Crippen molar-refractivity contribution in [1.82, 2.24) is 25.0 Å². The number of likely N-dealkylation sites (tertiary alicyclic amines) is 1. The molecule has 0 radical (unpaired) electrons. The van der Waals surface area contributed by atoms with Crippen molar-refractivity contribution in [3.05, 3.63) is 23.0 Å². The van der Waals surface area contributed by atoms with Crippen LogP contribution in [0.4, 0.5) is 0 Å². The van der Waals surface area contributed by atoms with Crippen LogP contribution in [0.3, 0.4) is 0 Å². The van der Waals surface area contributed by atoms with Crippen molar-refractivity contribution in [2.45, 2.75) is 76.9 Å². The number of sulfone groups is 1. The Morgan fingerprint density at radius 3 is 2.47 bits per heavy atom. The molecule has 5 rings (SSSR count). The number of carbonyl (C=O) groups is 1. The Balaban J connectivity index is 1.53. The summed E-state index contributed by atoms with van der Waals surface area (Å²) >= 11 is 0. The number of nitrogens with one attached hydrogen (secondary N) is 1. The molecule has 174 valence electrons. The van der Waals surface area contributed by atoms with Crippen LogP contribution < -0.4 is 5.32 Å². The van der Waals surface area contributed by atoms with E-state index >= 15 is 0 Å². The predicted octanol–water partition coefficient (Wildman–Crippen LogP) is 2.36. The van der Waals surface area contributed by atoms with E-state index in [1.54, 1.807) is 0 Å². The molecular formula is C23H33N5O3S. The Kier molecular flexibility index (Phi) is 5.13. The van der Waals surface area contributed by atoms with Gasteiger partial charge in [-0.25, -0.2) is 18.1 Å². The Morgan fingerprint density at radius 2 is 1.84 bits per heavy atom. The molecule has 2 atom stereocenters. The average Bonchev–Trinajstić information content (AvgIpc) is 3.16. The lowest BCUT2D eigenvalue weighted by Crippen LogP contribution is -2.50. The summed E-state index contributed by atoms with van der Waals surface area (Å²) in [5.41, 5.74) is 2.73. The van der Waals surface area contributed by atoms with E-state index in [0.29, 0.717) is 11.5 Å². The molecular weight excluding hydrogens is 426 g/mol. The first-order chi connectivity index (χ1) is 15.0. The number of pyridine rings is 1. The number of aromatic nitrogens is 3. The van der Waals surface area contributed by atoms with Gasteiger partial charge in [0.15, 0.2) is 15.5 Å². The predicted molar refractivity (Wildman–Crippen MR) is 124 cm³/mol. The largest absolute Gasteiger partial charge is 0.347 e. The highest BCUT2D eigenvalue weighted by Gasteiger charge is 2.43. The van der Waals surface area contributed by atoms with Crippen LogP contribution in [-0.2, 0) is 15.4 Å². The lowest BCUT2D eigenvalue weighted by Gasteiger charge is -2.28. The first-order valence-corrected chi connectivity index (χ1v) is 13.5. The maximum absolute atomic E-state index is 13.6. The SMILES string of the molecule is Cc1nn(C(C)(C)C)c2nc(C3CC3)cc(C(=O)NC3CS(=O)(=O)CC3N3CCCC3)c12. The van der Waals surface area contributed by atoms with Gasteiger partial charge in [0.1, 0.15) is 0 Å². The van der Waals surface area contributed by atoms with E-state index in [1.165, 1.54) is 0 Å². The van der Waals surface area contributed by atoms with Gasteiger partial charge in [-0.2, -0.15) is 5.10 Å². The highest BCUT2D eigenvalue weighted by Crippen LogP contribution is 2.41. The van der Waals surface area contributed by atoms with Crippen molar-refractivity contribution in [2.75, 3.05) is 24.6 Å². The Bertz CT molecular complexity index is 1170. The molecule has 3 fully saturated rings. The van der Waals surface area contributed by atoms with E-state index in [-0.39, 0.29) is 29.0 Å². The van der Waals surface area contributed by atoms with E-state index in [4.69, 9.17) is 10.1 Å². The van der Waals surface area contributed by atoms with Crippen LogP contribution in [-0.4, -0.2) is 70.7 Å². The minimum absolute atomic E-state index is 0.00382. The second-order valence-electron chi connectivity index (χ2n) is 10.7. The molecule has 0 bridgehead atoms. The van der Waals surface area contributed by atoms with E-state index in [9.17, 15) is 13.2 Å². The molecule has 1 aliphatic carbocycles. The smallest absolute Gasteiger partial charge is 0.252 e. The number of hydrogen-bond donors (Lipinski definition) is 1. The Morgan fingerprint density at radius 1 is 1.16 bits per heavy atom. The molecule has 2 unspecified atom stereocenters. The molecule has 0 spiro atoms. The summed E-state index contributed by atoms with van der Waals surface area (Å²) in [4.78, 5) is 20.8. The first kappa shape index (κ1) is 21.8. The van der Waals surface area contributed by atoms with Crippen molar-refractivity contribution in [3.63, 3.8) is 0 Å². The molecule has 2 aromatic rings. The maximum Gasteiger partial charge on any atom is 0.252 e. The number of aryl methyl sites for hydroxylation is 1. The highest BCUT2D eigenvalue weighted by molar-refractivity contribution is 7.91. The number of hydrogen-bond acceptors (Lipinski definition) is 6. The quantitative estimate of drug-likeness (QED) is 0.754. The normalized spacial score (nSPS) is 26.1. The van der Waals surface area contributed by atoms with Crippen LogP contribution in [0.2, 0.25) is 0 Å². The summed E-state index contributed by atoms with van der Waals surface area (Å²) < 4.78 is 26.8. The van der Waals surface area contributed by atoms with E-state index < -0.39 is 15.9 Å². The third kappa shape index (κ3) is 3.94. The summed E-state index contributed by atoms with van der Waals surface area (Å²) in [6, 6.07) is 1.37. The van der Waals surface area contributed by atoms with Crippen LogP contribution in [0.1, 0.15) is 74.1 Å². The molecule has 9 heteroatoms. The van der Waals surface area contributed by atoms with Gasteiger partial charge in [-0.1, -0.05) is 0 Å². The molecule has 1 N–H and O–H groups in total. The van der Waals surface area contributed by atoms with Crippen molar-refractivity contribution < 1.29 is 13.2 Å². The van der Waals surface area contributed by atoms with Gasteiger partial charge in [0.25, 0.3) is 5.91 Å². The fourth-order valence-corrected chi connectivity index (χ4v) is 7.14. The molecule has 4 heterocycles. The number of rotatable bonds is 4. The van der Waals surface area contributed by atoms with Crippen molar-refractivity contribution in [2.24, 2.45) is 0 Å². The van der Waals surface area contributed by atoms with Gasteiger partial charge < -0.3 is 5.32 Å². The zero-order chi connectivity index (χ0) is 22.8. The van der Waals surface area contributed by atoms with E-state index in [2.05, 4.69) is 31.0 Å². The fourth-order valence-electron chi connectivity index (χ4n) is 5.19. The second-order valence-corrected chi connectivity index (χ2v) is 12.9. The second kappa shape index (κ2) is 7.52. The minimum atomic E-state index is -3.17. The number of fused-ring (bicyclic) bond motifs is 1. The number of nitrogens with zero attached hydrogens (tertiary/aromatic N) is 4. The van der Waals surface area contributed by atoms with E-state index in [1.807, 2.05) is 17.7 Å². The Hall–Kier alpha value is -2.00. The number of carbonyl (C=O) groups excluding carboxylic acids is 1. The van der Waals surface area contributed by atoms with Gasteiger partial charge >= 0.3 is 0 Å². The molecule has 2 saturated heterocycles. The summed E-state index contributed by atoms with van der Waals surface area (Å²) in [5, 5.41) is 8.60. The zero-order valence-electron chi connectivity index (χ0n) is 19.4. The van der Waals surface area contributed by atoms with Gasteiger partial charge in [-0.15, -0.1) is 0 Å². The molecule has 0 aromatic carbocycles. The summed E-state index contributed by atoms with van der Waals surface area (Å²) in [6.45, 7) is 9.94. The fraction of sp³-hybridized carbons (Fsp3) is 0.696. The summed E-state index contributed by atoms with van der Waals surface area (Å²) in [6.07, 6.45) is 4.33. The monoisotopic (exact) mass is 459 g/mol. The van der Waals surface area contributed by atoms with Gasteiger partial charge in [-0.05, 0) is 72.5 Å². The topological polar surface area (TPSA) is 97.2 Å². The van der Waals surface area contributed by atoms with Crippen LogP contribution in [0.5, 0.6) is 0 Å². The van der Waals surface area contributed by atoms with Crippen molar-refractivity contribution in [3.8, 4) is 0 Å². The Labute approximate surface area is 189 Å². The third-order valence-electron chi connectivity index (χ3n) is 6.96. The molecule has 2 aromatic heterocycles. The van der Waals surface area contributed by atoms with E-state index in [0.717, 1.165) is 61.2 Å². The molecule has 3 aliphatic rings. The van der Waals surface area contributed by atoms with Crippen LogP contribution in [0, 0.1) is 6.92 Å². The maximum atomic E-state index is 13.6. The lowest BCUT2D eigenvalue weighted by molar-refractivity contribution is 0.0920. The zero-order valence-corrected chi connectivity index (χ0v) is 20.2. The molecule has 8 nitrogen and oxygen atoms in total. The third-order valence-corrected chi connectivity index (χ3v) is 8.67. The summed E-state index contributed by atoms with van der Waals surface area (Å²) in [5.74, 6) is 0.294. The van der Waals surface area contributed by atoms with Gasteiger partial charge in [-0.3, -0.25) is 9.69 Å². The van der Waals surface area contributed by atoms with Crippen LogP contribution >= 0.6 is 0 Å². The van der Waals surface area contributed by atoms with Gasteiger partial charge in [0.2, 0.25) is 0 Å². The van der Waals surface area contributed by atoms with Crippen molar-refractivity contribution in [1.29, 1.82) is 0 Å². The highest BCUT2D eigenvalue weighted by atomic mass is 32.2. The average molecular weight is 460 g/mol. The first-order valence-electron chi connectivity index (χ1n) is 11.7. The minimum Gasteiger partial charge on any atom is -0.347 e. The van der Waals surface area contributed by atoms with Gasteiger partial charge in [0.05, 0.1) is 39.7 Å². The molecule has 1 amide bonds.